The first-order valence-corrected chi connectivity index (χ1v) is 10.1. The molecule has 0 spiro atoms. The van der Waals surface area contributed by atoms with Gasteiger partial charge in [0.25, 0.3) is 0 Å². The molecule has 2 aromatic heterocycles. The molecule has 128 valence electrons. The molecule has 1 saturated heterocycles. The Balaban J connectivity index is 1.52. The van der Waals surface area contributed by atoms with Gasteiger partial charge in [-0.15, -0.1) is 11.3 Å². The third kappa shape index (κ3) is 4.82. The van der Waals surface area contributed by atoms with E-state index in [0.717, 1.165) is 44.2 Å². The molecule has 1 aliphatic rings. The maximum absolute atomic E-state index is 12.7. The van der Waals surface area contributed by atoms with Crippen LogP contribution in [0.2, 0.25) is 0 Å². The minimum atomic E-state index is -0.0938. The Morgan fingerprint density at radius 2 is 2.17 bits per heavy atom. The molecule has 3 heterocycles. The lowest BCUT2D eigenvalue weighted by Gasteiger charge is -2.24. The minimum absolute atomic E-state index is 0.0938. The first-order valence-electron chi connectivity index (χ1n) is 8.33. The Hall–Kier alpha value is -1.37. The number of carbonyl (C=O) groups excluding carboxylic acids is 1. The predicted molar refractivity (Wildman–Crippen MR) is 100 cm³/mol. The molecule has 2 aromatic rings. The summed E-state index contributed by atoms with van der Waals surface area (Å²) in [5, 5.41) is 2.94. The Labute approximate surface area is 151 Å². The van der Waals surface area contributed by atoms with Crippen molar-refractivity contribution >= 4 is 29.0 Å². The average molecular weight is 362 g/mol. The lowest BCUT2D eigenvalue weighted by atomic mass is 10.3. The lowest BCUT2D eigenvalue weighted by molar-refractivity contribution is -0.130. The first kappa shape index (κ1) is 17.5. The van der Waals surface area contributed by atoms with Crippen LogP contribution in [-0.2, 0) is 11.3 Å². The minimum Gasteiger partial charge on any atom is -0.340 e. The van der Waals surface area contributed by atoms with E-state index in [1.165, 1.54) is 4.88 Å². The fourth-order valence-corrected chi connectivity index (χ4v) is 4.51. The van der Waals surface area contributed by atoms with Gasteiger partial charge in [0, 0.05) is 43.8 Å². The van der Waals surface area contributed by atoms with Gasteiger partial charge in [0.2, 0.25) is 5.91 Å². The van der Waals surface area contributed by atoms with Crippen LogP contribution in [-0.4, -0.2) is 52.1 Å². The molecule has 1 fully saturated rings. The number of hydrogen-bond acceptors (Lipinski definition) is 5. The molecule has 3 rings (SSSR count). The maximum Gasteiger partial charge on any atom is 0.235 e. The van der Waals surface area contributed by atoms with Crippen LogP contribution in [0, 0.1) is 0 Å². The van der Waals surface area contributed by atoms with Crippen LogP contribution in [0.3, 0.4) is 0 Å². The quantitative estimate of drug-likeness (QED) is 0.765. The summed E-state index contributed by atoms with van der Waals surface area (Å²) in [5.41, 5.74) is 0. The number of thioether (sulfide) groups is 1. The third-order valence-electron chi connectivity index (χ3n) is 4.14. The SMILES string of the molecule is C[C@@H](Sc1ccccn1)C(=O)N1CCCN(Cc2cccs2)CC1. The van der Waals surface area contributed by atoms with Crippen LogP contribution < -0.4 is 0 Å². The van der Waals surface area contributed by atoms with Gasteiger partial charge in [-0.1, -0.05) is 23.9 Å². The second kappa shape index (κ2) is 8.65. The smallest absolute Gasteiger partial charge is 0.235 e. The highest BCUT2D eigenvalue weighted by atomic mass is 32.2. The van der Waals surface area contributed by atoms with E-state index in [1.54, 1.807) is 29.3 Å². The molecule has 4 nitrogen and oxygen atoms in total. The van der Waals surface area contributed by atoms with Crippen molar-refractivity contribution in [2.75, 3.05) is 26.2 Å². The number of aromatic nitrogens is 1. The van der Waals surface area contributed by atoms with Crippen molar-refractivity contribution in [3.63, 3.8) is 0 Å². The number of thiophene rings is 1. The van der Waals surface area contributed by atoms with Gasteiger partial charge >= 0.3 is 0 Å². The molecular formula is C18H23N3OS2. The number of nitrogens with zero attached hydrogens (tertiary/aromatic N) is 3. The van der Waals surface area contributed by atoms with Crippen molar-refractivity contribution in [2.24, 2.45) is 0 Å². The Morgan fingerprint density at radius 3 is 2.92 bits per heavy atom. The van der Waals surface area contributed by atoms with Crippen LogP contribution in [0.15, 0.2) is 46.9 Å². The monoisotopic (exact) mass is 361 g/mol. The standard InChI is InChI=1S/C18H23N3OS2/c1-15(24-17-7-2-3-8-19-17)18(22)21-10-5-9-20(11-12-21)14-16-6-4-13-23-16/h2-4,6-8,13,15H,5,9-12,14H2,1H3/t15-/m1/s1. The zero-order valence-electron chi connectivity index (χ0n) is 13.9. The van der Waals surface area contributed by atoms with Crippen molar-refractivity contribution in [1.29, 1.82) is 0 Å². The summed E-state index contributed by atoms with van der Waals surface area (Å²) in [6, 6.07) is 10.1. The van der Waals surface area contributed by atoms with E-state index in [0.29, 0.717) is 0 Å². The van der Waals surface area contributed by atoms with Crippen molar-refractivity contribution < 1.29 is 4.79 Å². The maximum atomic E-state index is 12.7. The molecule has 0 bridgehead atoms. The van der Waals surface area contributed by atoms with Crippen LogP contribution >= 0.6 is 23.1 Å². The van der Waals surface area contributed by atoms with Gasteiger partial charge < -0.3 is 4.90 Å². The van der Waals surface area contributed by atoms with Crippen LogP contribution in [0.5, 0.6) is 0 Å². The molecule has 1 aliphatic heterocycles. The number of hydrogen-bond donors (Lipinski definition) is 0. The highest BCUT2D eigenvalue weighted by molar-refractivity contribution is 8.00. The highest BCUT2D eigenvalue weighted by Gasteiger charge is 2.24. The molecule has 1 atom stereocenters. The summed E-state index contributed by atoms with van der Waals surface area (Å²) in [6.07, 6.45) is 2.81. The summed E-state index contributed by atoms with van der Waals surface area (Å²) >= 11 is 3.35. The molecule has 1 amide bonds. The van der Waals surface area contributed by atoms with E-state index in [4.69, 9.17) is 0 Å². The van der Waals surface area contributed by atoms with Gasteiger partial charge in [-0.25, -0.2) is 4.98 Å². The van der Waals surface area contributed by atoms with E-state index in [1.807, 2.05) is 30.0 Å². The molecular weight excluding hydrogens is 338 g/mol. The van der Waals surface area contributed by atoms with Crippen LogP contribution in [0.4, 0.5) is 0 Å². The highest BCUT2D eigenvalue weighted by Crippen LogP contribution is 2.23. The Morgan fingerprint density at radius 1 is 1.25 bits per heavy atom. The number of rotatable bonds is 5. The number of pyridine rings is 1. The summed E-state index contributed by atoms with van der Waals surface area (Å²) < 4.78 is 0. The van der Waals surface area contributed by atoms with Crippen molar-refractivity contribution in [2.45, 2.75) is 30.2 Å². The first-order chi connectivity index (χ1) is 11.7. The van der Waals surface area contributed by atoms with Crippen molar-refractivity contribution in [1.82, 2.24) is 14.8 Å². The second-order valence-corrected chi connectivity index (χ2v) is 8.36. The van der Waals surface area contributed by atoms with Gasteiger partial charge in [-0.3, -0.25) is 9.69 Å². The number of carbonyl (C=O) groups is 1. The molecule has 0 radical (unpaired) electrons. The van der Waals surface area contributed by atoms with Gasteiger partial charge in [-0.2, -0.15) is 0 Å². The van der Waals surface area contributed by atoms with E-state index in [2.05, 4.69) is 27.4 Å². The molecule has 24 heavy (non-hydrogen) atoms. The van der Waals surface area contributed by atoms with Crippen molar-refractivity contribution in [3.8, 4) is 0 Å². The Bertz CT molecular complexity index is 633. The van der Waals surface area contributed by atoms with E-state index in [9.17, 15) is 4.79 Å². The largest absolute Gasteiger partial charge is 0.340 e. The molecule has 0 N–H and O–H groups in total. The number of amides is 1. The average Bonchev–Trinajstić information content (AvgIpc) is 2.99. The normalized spacial score (nSPS) is 17.5. The lowest BCUT2D eigenvalue weighted by Crippen LogP contribution is -2.39. The fraction of sp³-hybridized carbons (Fsp3) is 0.444. The van der Waals surface area contributed by atoms with Crippen molar-refractivity contribution in [3.05, 3.63) is 46.8 Å². The summed E-state index contributed by atoms with van der Waals surface area (Å²) in [4.78, 5) is 22.9. The third-order valence-corrected chi connectivity index (χ3v) is 6.04. The zero-order chi connectivity index (χ0) is 16.8. The molecule has 6 heteroatoms. The summed E-state index contributed by atoms with van der Waals surface area (Å²) in [6.45, 7) is 6.66. The summed E-state index contributed by atoms with van der Waals surface area (Å²) in [7, 11) is 0. The van der Waals surface area contributed by atoms with E-state index in [-0.39, 0.29) is 11.2 Å². The second-order valence-electron chi connectivity index (χ2n) is 5.96. The molecule has 0 aromatic carbocycles. The fourth-order valence-electron chi connectivity index (χ4n) is 2.88. The van der Waals surface area contributed by atoms with Crippen LogP contribution in [0.1, 0.15) is 18.2 Å². The topological polar surface area (TPSA) is 36.4 Å². The summed E-state index contributed by atoms with van der Waals surface area (Å²) in [5.74, 6) is 0.226. The predicted octanol–water partition coefficient (Wildman–Crippen LogP) is 3.36. The van der Waals surface area contributed by atoms with Gasteiger partial charge in [-0.05, 0) is 36.9 Å². The van der Waals surface area contributed by atoms with Gasteiger partial charge in [0.05, 0.1) is 10.3 Å². The zero-order valence-corrected chi connectivity index (χ0v) is 15.6. The van der Waals surface area contributed by atoms with Gasteiger partial charge in [0.15, 0.2) is 0 Å². The molecule has 0 aliphatic carbocycles. The Kier molecular flexibility index (Phi) is 6.29. The molecule has 0 saturated carbocycles. The van der Waals surface area contributed by atoms with Crippen LogP contribution in [0.25, 0.3) is 0 Å². The van der Waals surface area contributed by atoms with E-state index >= 15 is 0 Å². The van der Waals surface area contributed by atoms with E-state index < -0.39 is 0 Å². The molecule has 0 unspecified atom stereocenters. The van der Waals surface area contributed by atoms with Gasteiger partial charge in [0.1, 0.15) is 0 Å².